The molecule has 2 N–H and O–H groups in total. The molecule has 0 aliphatic heterocycles. The van der Waals surface area contributed by atoms with E-state index in [1.54, 1.807) is 0 Å². The summed E-state index contributed by atoms with van der Waals surface area (Å²) in [6, 6.07) is 3.44. The molecule has 0 aromatic heterocycles. The lowest BCUT2D eigenvalue weighted by atomic mass is 10.2. The van der Waals surface area contributed by atoms with E-state index in [0.29, 0.717) is 0 Å². The highest BCUT2D eigenvalue weighted by Gasteiger charge is 2.10. The minimum Gasteiger partial charge on any atom is -0.493 e. The summed E-state index contributed by atoms with van der Waals surface area (Å²) in [4.78, 5) is 21.4. The number of hydrogen-bond acceptors (Lipinski definition) is 3. The molecule has 1 rings (SSSR count). The van der Waals surface area contributed by atoms with E-state index in [2.05, 4.69) is 5.32 Å². The maximum atomic E-state index is 13.2. The fourth-order valence-corrected chi connectivity index (χ4v) is 1.15. The lowest BCUT2D eigenvalue weighted by Crippen LogP contribution is -2.20. The minimum absolute atomic E-state index is 0.103. The summed E-state index contributed by atoms with van der Waals surface area (Å²) in [5, 5.41) is 11.0. The molecule has 0 unspecified atom stereocenters. The SMILES string of the molecule is CNC(=O)CCOc1ccc(C(=O)O)c(F)c1. The summed E-state index contributed by atoms with van der Waals surface area (Å²) in [5.74, 6) is -2.20. The van der Waals surface area contributed by atoms with Crippen molar-refractivity contribution in [3.8, 4) is 5.75 Å². The molecule has 1 amide bonds. The van der Waals surface area contributed by atoms with Gasteiger partial charge in [0.05, 0.1) is 18.6 Å². The number of halogens is 1. The van der Waals surface area contributed by atoms with Crippen LogP contribution in [0, 0.1) is 5.82 Å². The number of amides is 1. The van der Waals surface area contributed by atoms with Gasteiger partial charge in [-0.25, -0.2) is 9.18 Å². The number of nitrogens with one attached hydrogen (secondary N) is 1. The number of carbonyl (C=O) groups excluding carboxylic acids is 1. The quantitative estimate of drug-likeness (QED) is 0.807. The predicted molar refractivity (Wildman–Crippen MR) is 57.5 cm³/mol. The van der Waals surface area contributed by atoms with E-state index in [4.69, 9.17) is 9.84 Å². The van der Waals surface area contributed by atoms with E-state index in [0.717, 1.165) is 12.1 Å². The number of hydrogen-bond donors (Lipinski definition) is 2. The summed E-state index contributed by atoms with van der Waals surface area (Å²) >= 11 is 0. The summed E-state index contributed by atoms with van der Waals surface area (Å²) in [5.41, 5.74) is -0.413. The Hall–Kier alpha value is -2.11. The van der Waals surface area contributed by atoms with Crippen molar-refractivity contribution in [2.75, 3.05) is 13.7 Å². The maximum Gasteiger partial charge on any atom is 0.338 e. The second kappa shape index (κ2) is 5.83. The molecule has 0 radical (unpaired) electrons. The number of carboxylic acid groups (broad SMARTS) is 1. The highest BCUT2D eigenvalue weighted by molar-refractivity contribution is 5.88. The zero-order valence-corrected chi connectivity index (χ0v) is 9.20. The smallest absolute Gasteiger partial charge is 0.338 e. The van der Waals surface area contributed by atoms with Crippen LogP contribution in [0.5, 0.6) is 5.75 Å². The molecule has 0 aliphatic carbocycles. The second-order valence-corrected chi connectivity index (χ2v) is 3.22. The summed E-state index contributed by atoms with van der Waals surface area (Å²) in [7, 11) is 1.50. The Morgan fingerprint density at radius 1 is 1.47 bits per heavy atom. The highest BCUT2D eigenvalue weighted by Crippen LogP contribution is 2.16. The molecule has 0 heterocycles. The van der Waals surface area contributed by atoms with Crippen LogP contribution in [0.3, 0.4) is 0 Å². The van der Waals surface area contributed by atoms with E-state index in [1.165, 1.54) is 13.1 Å². The lowest BCUT2D eigenvalue weighted by Gasteiger charge is -2.06. The van der Waals surface area contributed by atoms with Gasteiger partial charge in [0.2, 0.25) is 5.91 Å². The average molecular weight is 241 g/mol. The van der Waals surface area contributed by atoms with E-state index >= 15 is 0 Å². The standard InChI is InChI=1S/C11H12FNO4/c1-13-10(14)4-5-17-7-2-3-8(11(15)16)9(12)6-7/h2-3,6H,4-5H2,1H3,(H,13,14)(H,15,16). The van der Waals surface area contributed by atoms with E-state index in [9.17, 15) is 14.0 Å². The van der Waals surface area contributed by atoms with Crippen molar-refractivity contribution in [1.82, 2.24) is 5.32 Å². The van der Waals surface area contributed by atoms with Gasteiger partial charge in [0, 0.05) is 13.1 Å². The first-order valence-electron chi connectivity index (χ1n) is 4.91. The third-order valence-corrected chi connectivity index (χ3v) is 2.05. The van der Waals surface area contributed by atoms with Gasteiger partial charge in [-0.15, -0.1) is 0 Å². The maximum absolute atomic E-state index is 13.2. The highest BCUT2D eigenvalue weighted by atomic mass is 19.1. The van der Waals surface area contributed by atoms with Crippen molar-refractivity contribution in [1.29, 1.82) is 0 Å². The number of ether oxygens (including phenoxy) is 1. The van der Waals surface area contributed by atoms with E-state index < -0.39 is 17.3 Å². The largest absolute Gasteiger partial charge is 0.493 e. The van der Waals surface area contributed by atoms with Gasteiger partial charge in [0.15, 0.2) is 0 Å². The fourth-order valence-electron chi connectivity index (χ4n) is 1.15. The third-order valence-electron chi connectivity index (χ3n) is 2.05. The van der Waals surface area contributed by atoms with Gasteiger partial charge in [-0.05, 0) is 12.1 Å². The Morgan fingerprint density at radius 3 is 2.71 bits per heavy atom. The van der Waals surface area contributed by atoms with Crippen LogP contribution in [0.2, 0.25) is 0 Å². The van der Waals surface area contributed by atoms with E-state index in [1.807, 2.05) is 0 Å². The minimum atomic E-state index is -1.33. The Bertz CT molecular complexity index is 433. The monoisotopic (exact) mass is 241 g/mol. The van der Waals surface area contributed by atoms with Gasteiger partial charge >= 0.3 is 5.97 Å². The van der Waals surface area contributed by atoms with Crippen LogP contribution < -0.4 is 10.1 Å². The first kappa shape index (κ1) is 13.0. The Labute approximate surface area is 97.2 Å². The van der Waals surface area contributed by atoms with Crippen molar-refractivity contribution in [2.45, 2.75) is 6.42 Å². The zero-order valence-electron chi connectivity index (χ0n) is 9.20. The van der Waals surface area contributed by atoms with Crippen molar-refractivity contribution in [2.24, 2.45) is 0 Å². The lowest BCUT2D eigenvalue weighted by molar-refractivity contribution is -0.121. The van der Waals surface area contributed by atoms with Crippen LogP contribution in [0.15, 0.2) is 18.2 Å². The van der Waals surface area contributed by atoms with Crippen LogP contribution in [-0.4, -0.2) is 30.6 Å². The number of carbonyl (C=O) groups is 2. The average Bonchev–Trinajstić information content (AvgIpc) is 2.28. The van der Waals surface area contributed by atoms with Gasteiger partial charge in [0.1, 0.15) is 11.6 Å². The van der Waals surface area contributed by atoms with Gasteiger partial charge in [-0.2, -0.15) is 0 Å². The molecule has 1 aromatic carbocycles. The van der Waals surface area contributed by atoms with Crippen molar-refractivity contribution in [3.05, 3.63) is 29.6 Å². The van der Waals surface area contributed by atoms with Gasteiger partial charge in [0.25, 0.3) is 0 Å². The van der Waals surface area contributed by atoms with Crippen molar-refractivity contribution in [3.63, 3.8) is 0 Å². The van der Waals surface area contributed by atoms with Crippen LogP contribution in [0.1, 0.15) is 16.8 Å². The zero-order chi connectivity index (χ0) is 12.8. The molecule has 5 nitrogen and oxygen atoms in total. The number of rotatable bonds is 5. The first-order valence-corrected chi connectivity index (χ1v) is 4.91. The molecule has 0 fully saturated rings. The summed E-state index contributed by atoms with van der Waals surface area (Å²) in [6.45, 7) is 0.103. The predicted octanol–water partition coefficient (Wildman–Crippen LogP) is 1.04. The Kier molecular flexibility index (Phi) is 4.45. The van der Waals surface area contributed by atoms with Gasteiger partial charge in [-0.1, -0.05) is 0 Å². The van der Waals surface area contributed by atoms with Crippen LogP contribution >= 0.6 is 0 Å². The number of carboxylic acids is 1. The third kappa shape index (κ3) is 3.75. The second-order valence-electron chi connectivity index (χ2n) is 3.22. The molecule has 1 aromatic rings. The van der Waals surface area contributed by atoms with Crippen LogP contribution in [0.4, 0.5) is 4.39 Å². The molecule has 0 bridgehead atoms. The number of benzene rings is 1. The van der Waals surface area contributed by atoms with Crippen molar-refractivity contribution >= 4 is 11.9 Å². The normalized spacial score (nSPS) is 9.76. The molecular weight excluding hydrogens is 229 g/mol. The Balaban J connectivity index is 2.59. The molecular formula is C11H12FNO4. The van der Waals surface area contributed by atoms with Gasteiger partial charge in [-0.3, -0.25) is 4.79 Å². The van der Waals surface area contributed by atoms with Crippen LogP contribution in [-0.2, 0) is 4.79 Å². The Morgan fingerprint density at radius 2 is 2.18 bits per heavy atom. The van der Waals surface area contributed by atoms with Gasteiger partial charge < -0.3 is 15.2 Å². The molecule has 0 atom stereocenters. The molecule has 17 heavy (non-hydrogen) atoms. The molecule has 0 saturated heterocycles. The van der Waals surface area contributed by atoms with E-state index in [-0.39, 0.29) is 24.7 Å². The molecule has 6 heteroatoms. The van der Waals surface area contributed by atoms with Crippen molar-refractivity contribution < 1.29 is 23.8 Å². The fraction of sp³-hybridized carbons (Fsp3) is 0.273. The first-order chi connectivity index (χ1) is 8.04. The van der Waals surface area contributed by atoms with Crippen LogP contribution in [0.25, 0.3) is 0 Å². The summed E-state index contributed by atoms with van der Waals surface area (Å²) in [6.07, 6.45) is 0.152. The molecule has 0 spiro atoms. The molecule has 92 valence electrons. The number of aromatic carboxylic acids is 1. The topological polar surface area (TPSA) is 75.6 Å². The summed E-state index contributed by atoms with van der Waals surface area (Å²) < 4.78 is 18.3. The molecule has 0 aliphatic rings. The molecule has 0 saturated carbocycles.